The summed E-state index contributed by atoms with van der Waals surface area (Å²) in [5, 5.41) is 8.61. The van der Waals surface area contributed by atoms with Gasteiger partial charge in [0.25, 0.3) is 0 Å². The minimum atomic E-state index is 0.738. The van der Waals surface area contributed by atoms with Gasteiger partial charge in [-0.1, -0.05) is 121 Å². The van der Waals surface area contributed by atoms with Crippen molar-refractivity contribution in [1.82, 2.24) is 14.5 Å². The lowest BCUT2D eigenvalue weighted by Gasteiger charge is -2.15. The van der Waals surface area contributed by atoms with Crippen molar-refractivity contribution in [2.24, 2.45) is 0 Å². The highest BCUT2D eigenvalue weighted by Crippen LogP contribution is 2.49. The minimum Gasteiger partial charge on any atom is -0.313 e. The van der Waals surface area contributed by atoms with E-state index in [0.29, 0.717) is 0 Å². The summed E-state index contributed by atoms with van der Waals surface area (Å²) in [5.74, 6) is 0.738. The third kappa shape index (κ3) is 3.84. The number of hydrogen-bond acceptors (Lipinski definition) is 2. The minimum absolute atomic E-state index is 0.738. The molecule has 11 rings (SSSR count). The molecule has 0 amide bonds. The average Bonchev–Trinajstić information content (AvgIpc) is 3.66. The highest BCUT2D eigenvalue weighted by Gasteiger charge is 2.24. The molecule has 7 aromatic carbocycles. The van der Waals surface area contributed by atoms with E-state index in [0.717, 1.165) is 46.4 Å². The largest absolute Gasteiger partial charge is 0.313 e. The van der Waals surface area contributed by atoms with Gasteiger partial charge in [0.1, 0.15) is 0 Å². The van der Waals surface area contributed by atoms with Gasteiger partial charge in [0.15, 0.2) is 5.82 Å². The molecule has 228 valence electrons. The quantitative estimate of drug-likeness (QED) is 0.196. The van der Waals surface area contributed by atoms with E-state index < -0.39 is 0 Å². The Kier molecular flexibility index (Phi) is 5.50. The Morgan fingerprint density at radius 2 is 1.22 bits per heavy atom. The SMILES string of the molecule is C1=CCCC(n2c3cc(-c4nc(-c5ccc6c7c(cccc57)-c5ccccc5-6)c5ccccc5n4)ccc3c3cc4ccccc4cc32)=C1. The lowest BCUT2D eigenvalue weighted by atomic mass is 9.95. The van der Waals surface area contributed by atoms with Gasteiger partial charge in [0.2, 0.25) is 0 Å². The first-order valence-electron chi connectivity index (χ1n) is 17.1. The van der Waals surface area contributed by atoms with E-state index in [-0.39, 0.29) is 0 Å². The first-order chi connectivity index (χ1) is 24.3. The van der Waals surface area contributed by atoms with Gasteiger partial charge in [-0.15, -0.1) is 0 Å². The number of fused-ring (bicyclic) bond motifs is 8. The molecule has 2 aromatic heterocycles. The van der Waals surface area contributed by atoms with Crippen molar-refractivity contribution in [2.75, 3.05) is 0 Å². The third-order valence-electron chi connectivity index (χ3n) is 10.6. The second kappa shape index (κ2) is 10.1. The van der Waals surface area contributed by atoms with E-state index in [2.05, 4.69) is 156 Å². The van der Waals surface area contributed by atoms with Crippen LogP contribution in [0.5, 0.6) is 0 Å². The molecule has 49 heavy (non-hydrogen) atoms. The zero-order chi connectivity index (χ0) is 32.1. The fraction of sp³-hybridized carbons (Fsp3) is 0.0435. The summed E-state index contributed by atoms with van der Waals surface area (Å²) in [5.41, 5.74) is 13.0. The molecule has 0 saturated carbocycles. The van der Waals surface area contributed by atoms with Crippen molar-refractivity contribution in [2.45, 2.75) is 12.8 Å². The molecule has 0 fully saturated rings. The normalized spacial score (nSPS) is 13.6. The Morgan fingerprint density at radius 1 is 0.510 bits per heavy atom. The molecule has 2 aliphatic rings. The van der Waals surface area contributed by atoms with Crippen LogP contribution >= 0.6 is 0 Å². The van der Waals surface area contributed by atoms with Crippen molar-refractivity contribution < 1.29 is 0 Å². The molecule has 0 saturated heterocycles. The molecular formula is C46H29N3. The Labute approximate surface area is 283 Å². The zero-order valence-electron chi connectivity index (χ0n) is 26.7. The Morgan fingerprint density at radius 3 is 2.08 bits per heavy atom. The number of rotatable bonds is 3. The molecule has 0 aliphatic heterocycles. The van der Waals surface area contributed by atoms with Gasteiger partial charge in [-0.25, -0.2) is 9.97 Å². The second-order valence-electron chi connectivity index (χ2n) is 13.3. The maximum atomic E-state index is 5.42. The summed E-state index contributed by atoms with van der Waals surface area (Å²) in [4.78, 5) is 10.6. The molecule has 3 heteroatoms. The maximum Gasteiger partial charge on any atom is 0.160 e. The summed E-state index contributed by atoms with van der Waals surface area (Å²) in [6, 6.07) is 48.5. The van der Waals surface area contributed by atoms with Crippen LogP contribution in [0.4, 0.5) is 0 Å². The summed E-state index contributed by atoms with van der Waals surface area (Å²) in [7, 11) is 0. The number of allylic oxidation sites excluding steroid dienone is 4. The van der Waals surface area contributed by atoms with Crippen LogP contribution in [0, 0.1) is 0 Å². The fourth-order valence-corrected chi connectivity index (χ4v) is 8.35. The van der Waals surface area contributed by atoms with Crippen LogP contribution < -0.4 is 0 Å². The first-order valence-corrected chi connectivity index (χ1v) is 17.1. The second-order valence-corrected chi connectivity index (χ2v) is 13.3. The average molecular weight is 624 g/mol. The van der Waals surface area contributed by atoms with Gasteiger partial charge in [0.05, 0.1) is 22.2 Å². The molecule has 3 nitrogen and oxygen atoms in total. The number of nitrogens with zero attached hydrogens (tertiary/aromatic N) is 3. The lowest BCUT2D eigenvalue weighted by Crippen LogP contribution is -1.99. The smallest absolute Gasteiger partial charge is 0.160 e. The van der Waals surface area contributed by atoms with Crippen LogP contribution in [0.15, 0.2) is 152 Å². The van der Waals surface area contributed by atoms with Gasteiger partial charge in [-0.3, -0.25) is 0 Å². The van der Waals surface area contributed by atoms with Crippen LogP contribution in [0.25, 0.3) is 105 Å². The van der Waals surface area contributed by atoms with E-state index >= 15 is 0 Å². The van der Waals surface area contributed by atoms with E-state index in [1.165, 1.54) is 71.3 Å². The molecule has 0 spiro atoms. The van der Waals surface area contributed by atoms with Crippen molar-refractivity contribution in [3.8, 4) is 44.9 Å². The van der Waals surface area contributed by atoms with Crippen LogP contribution in [0.2, 0.25) is 0 Å². The Hall–Kier alpha value is -6.32. The summed E-state index contributed by atoms with van der Waals surface area (Å²) in [6.45, 7) is 0. The molecular weight excluding hydrogens is 595 g/mol. The third-order valence-corrected chi connectivity index (χ3v) is 10.6. The van der Waals surface area contributed by atoms with Crippen LogP contribution in [0.3, 0.4) is 0 Å². The van der Waals surface area contributed by atoms with E-state index in [1.807, 2.05) is 0 Å². The zero-order valence-corrected chi connectivity index (χ0v) is 26.7. The number of benzene rings is 7. The standard InChI is InChI=1S/C46H29N3/c1-2-13-31(14-3-1)49-42-27-30(21-22-34(42)40-25-28-11-4-5-12-29(28)26-43(40)49)46-47-41-20-9-8-17-39(41)45(48-46)38-24-23-37-33-16-7-6-15-32(33)35-18-10-19-36(38)44(35)37/h1-2,4-13,15-27H,3,14H2. The maximum absolute atomic E-state index is 5.42. The van der Waals surface area contributed by atoms with Crippen molar-refractivity contribution in [1.29, 1.82) is 0 Å². The van der Waals surface area contributed by atoms with Crippen LogP contribution in [-0.2, 0) is 0 Å². The monoisotopic (exact) mass is 623 g/mol. The molecule has 2 heterocycles. The van der Waals surface area contributed by atoms with E-state index in [9.17, 15) is 0 Å². The van der Waals surface area contributed by atoms with Gasteiger partial charge in [0, 0.05) is 33.0 Å². The fourth-order valence-electron chi connectivity index (χ4n) is 8.35. The van der Waals surface area contributed by atoms with Crippen molar-refractivity contribution in [3.05, 3.63) is 152 Å². The highest BCUT2D eigenvalue weighted by molar-refractivity contribution is 6.20. The molecule has 0 radical (unpaired) electrons. The van der Waals surface area contributed by atoms with Gasteiger partial charge < -0.3 is 4.57 Å². The van der Waals surface area contributed by atoms with Crippen LogP contribution in [0.1, 0.15) is 12.8 Å². The van der Waals surface area contributed by atoms with Crippen LogP contribution in [-0.4, -0.2) is 14.5 Å². The summed E-state index contributed by atoms with van der Waals surface area (Å²) in [6.07, 6.45) is 8.75. The number of para-hydroxylation sites is 1. The van der Waals surface area contributed by atoms with Gasteiger partial charge in [-0.2, -0.15) is 0 Å². The van der Waals surface area contributed by atoms with Gasteiger partial charge in [-0.05, 0) is 87.0 Å². The Bertz CT molecular complexity index is 2910. The summed E-state index contributed by atoms with van der Waals surface area (Å²) >= 11 is 0. The van der Waals surface area contributed by atoms with E-state index in [4.69, 9.17) is 9.97 Å². The highest BCUT2D eigenvalue weighted by atomic mass is 15.0. The van der Waals surface area contributed by atoms with Crippen molar-refractivity contribution in [3.63, 3.8) is 0 Å². The number of aromatic nitrogens is 3. The molecule has 0 atom stereocenters. The predicted octanol–water partition coefficient (Wildman–Crippen LogP) is 12.2. The first kappa shape index (κ1) is 26.7. The topological polar surface area (TPSA) is 30.7 Å². The van der Waals surface area contributed by atoms with E-state index in [1.54, 1.807) is 0 Å². The molecule has 0 bridgehead atoms. The molecule has 9 aromatic rings. The molecule has 2 aliphatic carbocycles. The molecule has 0 N–H and O–H groups in total. The number of hydrogen-bond donors (Lipinski definition) is 0. The van der Waals surface area contributed by atoms with Gasteiger partial charge >= 0.3 is 0 Å². The Balaban J connectivity index is 1.17. The molecule has 0 unspecified atom stereocenters. The van der Waals surface area contributed by atoms with Crippen molar-refractivity contribution >= 4 is 60.0 Å². The predicted molar refractivity (Wildman–Crippen MR) is 206 cm³/mol. The summed E-state index contributed by atoms with van der Waals surface area (Å²) < 4.78 is 2.47. The lowest BCUT2D eigenvalue weighted by molar-refractivity contribution is 0.979.